The van der Waals surface area contributed by atoms with E-state index < -0.39 is 5.97 Å². The minimum atomic E-state index is -0.758. The molecule has 124 valence electrons. The summed E-state index contributed by atoms with van der Waals surface area (Å²) in [5, 5.41) is 9.73. The van der Waals surface area contributed by atoms with E-state index in [0.717, 1.165) is 25.0 Å². The Labute approximate surface area is 135 Å². The molecule has 2 rings (SSSR count). The van der Waals surface area contributed by atoms with Gasteiger partial charge in [0.2, 0.25) is 0 Å². The van der Waals surface area contributed by atoms with Crippen LogP contribution in [0.15, 0.2) is 30.0 Å². The molecule has 1 aromatic carbocycles. The van der Waals surface area contributed by atoms with Crippen LogP contribution in [0.2, 0.25) is 0 Å². The molecule has 0 aromatic heterocycles. The zero-order valence-electron chi connectivity index (χ0n) is 13.4. The molecule has 1 N–H and O–H groups in total. The number of aromatic hydroxyl groups is 1. The number of ether oxygens (including phenoxy) is 2. The molecule has 1 aliphatic carbocycles. The Kier molecular flexibility index (Phi) is 5.62. The van der Waals surface area contributed by atoms with Gasteiger partial charge in [0.25, 0.3) is 5.91 Å². The van der Waals surface area contributed by atoms with Crippen LogP contribution in [0.5, 0.6) is 11.5 Å². The molecule has 1 aromatic rings. The lowest BCUT2D eigenvalue weighted by Gasteiger charge is -2.22. The standard InChI is InChI=1S/C17H21NO5/c1-3-18(12-6-4-5-7-12)16(20)11-23-17(21)14-10-13(22-2)8-9-15(14)19/h6,8-10,19H,3-5,7,11H2,1-2H3. The average molecular weight is 319 g/mol. The SMILES string of the molecule is CCN(C(=O)COC(=O)c1cc(OC)ccc1O)C1=CCCC1. The Morgan fingerprint density at radius 3 is 2.74 bits per heavy atom. The second kappa shape index (κ2) is 7.67. The van der Waals surface area contributed by atoms with Crippen molar-refractivity contribution in [2.75, 3.05) is 20.3 Å². The summed E-state index contributed by atoms with van der Waals surface area (Å²) in [6.07, 6.45) is 4.91. The van der Waals surface area contributed by atoms with Gasteiger partial charge in [-0.2, -0.15) is 0 Å². The smallest absolute Gasteiger partial charge is 0.342 e. The van der Waals surface area contributed by atoms with Gasteiger partial charge in [-0.05, 0) is 44.4 Å². The maximum absolute atomic E-state index is 12.2. The van der Waals surface area contributed by atoms with E-state index in [1.807, 2.05) is 13.0 Å². The maximum Gasteiger partial charge on any atom is 0.342 e. The van der Waals surface area contributed by atoms with E-state index in [-0.39, 0.29) is 23.8 Å². The van der Waals surface area contributed by atoms with Crippen molar-refractivity contribution in [3.8, 4) is 11.5 Å². The van der Waals surface area contributed by atoms with Gasteiger partial charge >= 0.3 is 5.97 Å². The summed E-state index contributed by atoms with van der Waals surface area (Å²) in [5.74, 6) is -0.816. The number of phenolic OH excluding ortho intramolecular Hbond substituents is 1. The summed E-state index contributed by atoms with van der Waals surface area (Å²) in [5.41, 5.74) is 0.957. The highest BCUT2D eigenvalue weighted by Gasteiger charge is 2.21. The summed E-state index contributed by atoms with van der Waals surface area (Å²) in [6, 6.07) is 4.25. The average Bonchev–Trinajstić information content (AvgIpc) is 3.08. The third kappa shape index (κ3) is 4.03. The summed E-state index contributed by atoms with van der Waals surface area (Å²) >= 11 is 0. The fourth-order valence-electron chi connectivity index (χ4n) is 2.53. The van der Waals surface area contributed by atoms with Crippen LogP contribution in [-0.2, 0) is 9.53 Å². The minimum Gasteiger partial charge on any atom is -0.507 e. The molecule has 0 saturated carbocycles. The summed E-state index contributed by atoms with van der Waals surface area (Å²) in [7, 11) is 1.46. The molecule has 0 aliphatic heterocycles. The lowest BCUT2D eigenvalue weighted by molar-refractivity contribution is -0.132. The largest absolute Gasteiger partial charge is 0.507 e. The normalized spacial score (nSPS) is 13.4. The number of rotatable bonds is 6. The van der Waals surface area contributed by atoms with Gasteiger partial charge in [-0.1, -0.05) is 6.08 Å². The van der Waals surface area contributed by atoms with Crippen LogP contribution in [0.3, 0.4) is 0 Å². The molecule has 0 atom stereocenters. The summed E-state index contributed by atoms with van der Waals surface area (Å²) in [4.78, 5) is 25.9. The first-order chi connectivity index (χ1) is 11.1. The topological polar surface area (TPSA) is 76.1 Å². The van der Waals surface area contributed by atoms with Gasteiger partial charge < -0.3 is 19.5 Å². The van der Waals surface area contributed by atoms with Crippen molar-refractivity contribution in [2.24, 2.45) is 0 Å². The Morgan fingerprint density at radius 2 is 2.13 bits per heavy atom. The van der Waals surface area contributed by atoms with E-state index in [2.05, 4.69) is 0 Å². The number of methoxy groups -OCH3 is 1. The number of nitrogens with zero attached hydrogens (tertiary/aromatic N) is 1. The van der Waals surface area contributed by atoms with E-state index in [1.165, 1.54) is 25.3 Å². The molecule has 0 radical (unpaired) electrons. The number of hydrogen-bond acceptors (Lipinski definition) is 5. The quantitative estimate of drug-likeness (QED) is 0.815. The lowest BCUT2D eigenvalue weighted by atomic mass is 10.2. The van der Waals surface area contributed by atoms with Gasteiger partial charge in [0.1, 0.15) is 17.1 Å². The van der Waals surface area contributed by atoms with Crippen molar-refractivity contribution in [3.05, 3.63) is 35.5 Å². The highest BCUT2D eigenvalue weighted by Crippen LogP contribution is 2.24. The molecule has 0 heterocycles. The lowest BCUT2D eigenvalue weighted by Crippen LogP contribution is -2.33. The minimum absolute atomic E-state index is 0.0275. The first-order valence-corrected chi connectivity index (χ1v) is 7.60. The molecule has 0 unspecified atom stereocenters. The monoisotopic (exact) mass is 319 g/mol. The molecule has 0 spiro atoms. The molecular formula is C17H21NO5. The van der Waals surface area contributed by atoms with Crippen LogP contribution in [0.4, 0.5) is 0 Å². The molecule has 6 nitrogen and oxygen atoms in total. The third-order valence-electron chi connectivity index (χ3n) is 3.73. The Morgan fingerprint density at radius 1 is 1.35 bits per heavy atom. The van der Waals surface area contributed by atoms with E-state index in [9.17, 15) is 14.7 Å². The number of hydrogen-bond donors (Lipinski definition) is 1. The van der Waals surface area contributed by atoms with Crippen molar-refractivity contribution >= 4 is 11.9 Å². The number of allylic oxidation sites excluding steroid dienone is 2. The molecule has 0 bridgehead atoms. The van der Waals surface area contributed by atoms with E-state index in [0.29, 0.717) is 12.3 Å². The number of esters is 1. The van der Waals surface area contributed by atoms with Crippen molar-refractivity contribution in [1.82, 2.24) is 4.90 Å². The van der Waals surface area contributed by atoms with Crippen molar-refractivity contribution in [3.63, 3.8) is 0 Å². The van der Waals surface area contributed by atoms with Gasteiger partial charge in [-0.3, -0.25) is 4.79 Å². The molecule has 1 amide bonds. The predicted octanol–water partition coefficient (Wildman–Crippen LogP) is 2.47. The van der Waals surface area contributed by atoms with Crippen LogP contribution in [0.25, 0.3) is 0 Å². The van der Waals surface area contributed by atoms with Crippen LogP contribution < -0.4 is 4.74 Å². The zero-order valence-corrected chi connectivity index (χ0v) is 13.4. The van der Waals surface area contributed by atoms with Gasteiger partial charge in [0, 0.05) is 12.2 Å². The van der Waals surface area contributed by atoms with Crippen molar-refractivity contribution in [2.45, 2.75) is 26.2 Å². The highest BCUT2D eigenvalue weighted by atomic mass is 16.5. The summed E-state index contributed by atoms with van der Waals surface area (Å²) in [6.45, 7) is 2.06. The Balaban J connectivity index is 1.99. The number of phenols is 1. The molecule has 0 saturated heterocycles. The van der Waals surface area contributed by atoms with E-state index in [4.69, 9.17) is 9.47 Å². The molecular weight excluding hydrogens is 298 g/mol. The number of likely N-dealkylation sites (N-methyl/N-ethyl adjacent to an activating group) is 1. The molecule has 1 aliphatic rings. The van der Waals surface area contributed by atoms with Crippen LogP contribution in [-0.4, -0.2) is 42.1 Å². The first-order valence-electron chi connectivity index (χ1n) is 7.60. The third-order valence-corrected chi connectivity index (χ3v) is 3.73. The van der Waals surface area contributed by atoms with E-state index in [1.54, 1.807) is 4.90 Å². The van der Waals surface area contributed by atoms with Gasteiger partial charge in [-0.25, -0.2) is 4.79 Å². The Bertz CT molecular complexity index is 623. The first kappa shape index (κ1) is 16.9. The summed E-state index contributed by atoms with van der Waals surface area (Å²) < 4.78 is 10.0. The molecule has 0 fully saturated rings. The maximum atomic E-state index is 12.2. The highest BCUT2D eigenvalue weighted by molar-refractivity contribution is 5.94. The fourth-order valence-corrected chi connectivity index (χ4v) is 2.53. The second-order valence-electron chi connectivity index (χ2n) is 5.18. The Hall–Kier alpha value is -2.50. The van der Waals surface area contributed by atoms with E-state index >= 15 is 0 Å². The second-order valence-corrected chi connectivity index (χ2v) is 5.18. The van der Waals surface area contributed by atoms with Gasteiger partial charge in [0.05, 0.1) is 7.11 Å². The van der Waals surface area contributed by atoms with Crippen LogP contribution in [0, 0.1) is 0 Å². The number of amides is 1. The van der Waals surface area contributed by atoms with Gasteiger partial charge in [-0.15, -0.1) is 0 Å². The van der Waals surface area contributed by atoms with Crippen LogP contribution in [0.1, 0.15) is 36.5 Å². The van der Waals surface area contributed by atoms with Crippen molar-refractivity contribution in [1.29, 1.82) is 0 Å². The fraction of sp³-hybridized carbons (Fsp3) is 0.412. The predicted molar refractivity (Wildman–Crippen MR) is 84.3 cm³/mol. The van der Waals surface area contributed by atoms with Crippen molar-refractivity contribution < 1.29 is 24.2 Å². The molecule has 6 heteroatoms. The number of benzene rings is 1. The van der Waals surface area contributed by atoms with Crippen LogP contribution >= 0.6 is 0 Å². The molecule has 23 heavy (non-hydrogen) atoms. The zero-order chi connectivity index (χ0) is 16.8. The number of carbonyl (C=O) groups excluding carboxylic acids is 2. The number of carbonyl (C=O) groups is 2. The van der Waals surface area contributed by atoms with Gasteiger partial charge in [0.15, 0.2) is 6.61 Å².